The second-order valence-electron chi connectivity index (χ2n) is 5.98. The van der Waals surface area contributed by atoms with Gasteiger partial charge < -0.3 is 9.84 Å². The van der Waals surface area contributed by atoms with Gasteiger partial charge in [0.05, 0.1) is 25.1 Å². The van der Waals surface area contributed by atoms with Crippen LogP contribution in [0.2, 0.25) is 0 Å². The molecule has 0 aromatic carbocycles. The summed E-state index contributed by atoms with van der Waals surface area (Å²) in [6.07, 6.45) is -3.08. The summed E-state index contributed by atoms with van der Waals surface area (Å²) in [6, 6.07) is 4.19. The number of hydrogen-bond donors (Lipinski definition) is 1. The van der Waals surface area contributed by atoms with E-state index in [4.69, 9.17) is 14.6 Å². The summed E-state index contributed by atoms with van der Waals surface area (Å²) in [5.41, 5.74) is 3.18. The van der Waals surface area contributed by atoms with Crippen LogP contribution in [0.3, 0.4) is 0 Å². The molecule has 4 heterocycles. The molecule has 1 aliphatic rings. The summed E-state index contributed by atoms with van der Waals surface area (Å²) in [6.45, 7) is 4.59. The second-order valence-corrected chi connectivity index (χ2v) is 7.76. The fraction of sp³-hybridized carbons (Fsp3) is 0.353. The van der Waals surface area contributed by atoms with Crippen LogP contribution in [0.15, 0.2) is 34.5 Å². The Morgan fingerprint density at radius 3 is 2.59 bits per heavy atom. The molecule has 0 bridgehead atoms. The van der Waals surface area contributed by atoms with Crippen molar-refractivity contribution in [3.05, 3.63) is 39.3 Å². The van der Waals surface area contributed by atoms with Gasteiger partial charge in [-0.25, -0.2) is 9.48 Å². The van der Waals surface area contributed by atoms with E-state index in [0.29, 0.717) is 0 Å². The number of morpholine rings is 1. The Labute approximate surface area is 172 Å². The maximum Gasteiger partial charge on any atom is 0.490 e. The molecular weight excluding hydrogens is 429 g/mol. The topological polar surface area (TPSA) is 80.5 Å². The minimum absolute atomic E-state index is 0.826. The molecule has 7 nitrogen and oxygen atoms in total. The molecule has 0 spiro atoms. The molecular formula is C17H17F3N4O3S2. The van der Waals surface area contributed by atoms with E-state index < -0.39 is 12.1 Å². The highest BCUT2D eigenvalue weighted by Crippen LogP contribution is 2.25. The number of aromatic nitrogens is 3. The monoisotopic (exact) mass is 446 g/mol. The van der Waals surface area contributed by atoms with Gasteiger partial charge in [0.2, 0.25) is 0 Å². The third-order valence-electron chi connectivity index (χ3n) is 3.99. The van der Waals surface area contributed by atoms with Gasteiger partial charge in [-0.1, -0.05) is 5.21 Å². The number of hydrogen-bond acceptors (Lipinski definition) is 7. The number of aliphatic carboxylic acids is 1. The molecule has 29 heavy (non-hydrogen) atoms. The third-order valence-corrected chi connectivity index (χ3v) is 5.57. The number of carbonyl (C=O) groups is 1. The highest BCUT2D eigenvalue weighted by Gasteiger charge is 2.38. The normalized spacial score (nSPS) is 15.0. The molecule has 0 saturated carbocycles. The highest BCUT2D eigenvalue weighted by atomic mass is 32.1. The molecule has 0 aliphatic carbocycles. The Hall–Kier alpha value is -2.28. The molecule has 156 valence electrons. The van der Waals surface area contributed by atoms with Crippen LogP contribution >= 0.6 is 22.7 Å². The molecule has 4 rings (SSSR count). The summed E-state index contributed by atoms with van der Waals surface area (Å²) in [5.74, 6) is -2.76. The Morgan fingerprint density at radius 2 is 1.97 bits per heavy atom. The van der Waals surface area contributed by atoms with E-state index in [0.717, 1.165) is 49.8 Å². The Morgan fingerprint density at radius 1 is 1.24 bits per heavy atom. The molecule has 1 aliphatic heterocycles. The SMILES string of the molecule is O=C(O)C(F)(F)F.c1cc(-c2cn(-c3ccsc3CN3CCOCC3)nn2)cs1. The first-order chi connectivity index (χ1) is 13.8. The number of carboxylic acids is 1. The van der Waals surface area contributed by atoms with Crippen molar-refractivity contribution < 1.29 is 27.8 Å². The lowest BCUT2D eigenvalue weighted by atomic mass is 10.3. The van der Waals surface area contributed by atoms with Crippen molar-refractivity contribution in [3.8, 4) is 16.9 Å². The van der Waals surface area contributed by atoms with E-state index in [1.165, 1.54) is 4.88 Å². The Balaban J connectivity index is 0.000000298. The van der Waals surface area contributed by atoms with Crippen LogP contribution in [0.5, 0.6) is 0 Å². The molecule has 12 heteroatoms. The fourth-order valence-electron chi connectivity index (χ4n) is 2.54. The number of halogens is 3. The number of nitrogens with zero attached hydrogens (tertiary/aromatic N) is 4. The van der Waals surface area contributed by atoms with Gasteiger partial charge in [0, 0.05) is 35.5 Å². The summed E-state index contributed by atoms with van der Waals surface area (Å²) in [5, 5.41) is 22.0. The van der Waals surface area contributed by atoms with Crippen LogP contribution < -0.4 is 0 Å². The molecule has 1 saturated heterocycles. The van der Waals surface area contributed by atoms with Gasteiger partial charge in [-0.05, 0) is 22.9 Å². The van der Waals surface area contributed by atoms with E-state index >= 15 is 0 Å². The minimum Gasteiger partial charge on any atom is -0.475 e. The predicted octanol–water partition coefficient (Wildman–Crippen LogP) is 3.52. The lowest BCUT2D eigenvalue weighted by Gasteiger charge is -2.26. The number of carboxylic acid groups (broad SMARTS) is 1. The lowest BCUT2D eigenvalue weighted by Crippen LogP contribution is -2.35. The van der Waals surface area contributed by atoms with E-state index in [1.807, 2.05) is 10.9 Å². The summed E-state index contributed by atoms with van der Waals surface area (Å²) in [7, 11) is 0. The van der Waals surface area contributed by atoms with Crippen molar-refractivity contribution in [2.45, 2.75) is 12.7 Å². The summed E-state index contributed by atoms with van der Waals surface area (Å²) >= 11 is 3.45. The number of ether oxygens (including phenoxy) is 1. The molecule has 3 aromatic rings. The molecule has 0 unspecified atom stereocenters. The standard InChI is InChI=1S/C15H16N4OS2.C2HF3O2/c1-7-21-11-12(1)13-9-19(17-16-13)14-2-8-22-15(14)10-18-3-5-20-6-4-18;3-2(4,5)1(6)7/h1-2,7-9,11H,3-6,10H2;(H,6,7). The molecule has 3 aromatic heterocycles. The van der Waals surface area contributed by atoms with Crippen molar-refractivity contribution in [2.24, 2.45) is 0 Å². The van der Waals surface area contributed by atoms with Gasteiger partial charge in [0.15, 0.2) is 0 Å². The first-order valence-corrected chi connectivity index (χ1v) is 10.3. The molecule has 1 fully saturated rings. The number of thiophene rings is 2. The lowest BCUT2D eigenvalue weighted by molar-refractivity contribution is -0.192. The van der Waals surface area contributed by atoms with Crippen LogP contribution in [0.25, 0.3) is 16.9 Å². The Kier molecular flexibility index (Phi) is 7.00. The second kappa shape index (κ2) is 9.48. The van der Waals surface area contributed by atoms with E-state index in [-0.39, 0.29) is 0 Å². The van der Waals surface area contributed by atoms with Crippen molar-refractivity contribution in [1.82, 2.24) is 19.9 Å². The average Bonchev–Trinajstić information content (AvgIpc) is 3.43. The van der Waals surface area contributed by atoms with Gasteiger partial charge in [-0.15, -0.1) is 16.4 Å². The Bertz CT molecular complexity index is 919. The van der Waals surface area contributed by atoms with Gasteiger partial charge >= 0.3 is 12.1 Å². The molecule has 0 amide bonds. The van der Waals surface area contributed by atoms with Crippen molar-refractivity contribution in [2.75, 3.05) is 26.3 Å². The van der Waals surface area contributed by atoms with E-state index in [2.05, 4.69) is 43.5 Å². The van der Waals surface area contributed by atoms with E-state index in [9.17, 15) is 13.2 Å². The summed E-state index contributed by atoms with van der Waals surface area (Å²) < 4.78 is 39.0. The first-order valence-electron chi connectivity index (χ1n) is 8.46. The average molecular weight is 446 g/mol. The van der Waals surface area contributed by atoms with Crippen molar-refractivity contribution in [3.63, 3.8) is 0 Å². The van der Waals surface area contributed by atoms with Crippen LogP contribution in [-0.4, -0.2) is 63.4 Å². The fourth-order valence-corrected chi connectivity index (χ4v) is 4.09. The zero-order chi connectivity index (χ0) is 20.9. The largest absolute Gasteiger partial charge is 0.490 e. The highest BCUT2D eigenvalue weighted by molar-refractivity contribution is 7.10. The van der Waals surface area contributed by atoms with Crippen LogP contribution in [0.1, 0.15) is 4.88 Å². The third kappa shape index (κ3) is 5.85. The zero-order valence-corrected chi connectivity index (χ0v) is 16.6. The smallest absolute Gasteiger partial charge is 0.475 e. The molecule has 0 radical (unpaired) electrons. The van der Waals surface area contributed by atoms with Crippen molar-refractivity contribution in [1.29, 1.82) is 0 Å². The maximum absolute atomic E-state index is 10.6. The quantitative estimate of drug-likeness (QED) is 0.661. The van der Waals surface area contributed by atoms with Crippen LogP contribution in [-0.2, 0) is 16.1 Å². The van der Waals surface area contributed by atoms with Crippen molar-refractivity contribution >= 4 is 28.6 Å². The zero-order valence-electron chi connectivity index (χ0n) is 15.0. The van der Waals surface area contributed by atoms with E-state index in [1.54, 1.807) is 22.7 Å². The summed E-state index contributed by atoms with van der Waals surface area (Å²) in [4.78, 5) is 12.6. The maximum atomic E-state index is 10.6. The van der Waals surface area contributed by atoms with Crippen LogP contribution in [0.4, 0.5) is 13.2 Å². The number of alkyl halides is 3. The molecule has 1 N–H and O–H groups in total. The van der Waals surface area contributed by atoms with Crippen LogP contribution in [0, 0.1) is 0 Å². The predicted molar refractivity (Wildman–Crippen MR) is 102 cm³/mol. The first kappa shape index (κ1) is 21.4. The van der Waals surface area contributed by atoms with Gasteiger partial charge in [-0.3, -0.25) is 4.90 Å². The molecule has 0 atom stereocenters. The van der Waals surface area contributed by atoms with Gasteiger partial charge in [0.25, 0.3) is 0 Å². The number of rotatable bonds is 4. The van der Waals surface area contributed by atoms with Gasteiger partial charge in [-0.2, -0.15) is 24.5 Å². The minimum atomic E-state index is -5.08. The van der Waals surface area contributed by atoms with Gasteiger partial charge in [0.1, 0.15) is 5.69 Å².